The Labute approximate surface area is 189 Å². The molecule has 5 aromatic rings. The fourth-order valence-electron chi connectivity index (χ4n) is 3.83. The van der Waals surface area contributed by atoms with Gasteiger partial charge in [0, 0.05) is 41.5 Å². The monoisotopic (exact) mass is 442 g/mol. The predicted molar refractivity (Wildman–Crippen MR) is 123 cm³/mol. The second kappa shape index (κ2) is 8.74. The first-order valence-electron chi connectivity index (χ1n) is 10.4. The van der Waals surface area contributed by atoms with Crippen LogP contribution < -0.4 is 5.32 Å². The third-order valence-electron chi connectivity index (χ3n) is 5.40. The van der Waals surface area contributed by atoms with E-state index in [1.165, 1.54) is 12.4 Å². The highest BCUT2D eigenvalue weighted by atomic mass is 19.3. The Hall–Kier alpha value is -4.20. The van der Waals surface area contributed by atoms with Gasteiger partial charge in [0.15, 0.2) is 11.6 Å². The lowest BCUT2D eigenvalue weighted by atomic mass is 10.1. The van der Waals surface area contributed by atoms with Crippen LogP contribution in [0.15, 0.2) is 79.4 Å². The fourth-order valence-corrected chi connectivity index (χ4v) is 3.83. The van der Waals surface area contributed by atoms with Crippen LogP contribution in [0.25, 0.3) is 28.0 Å². The summed E-state index contributed by atoms with van der Waals surface area (Å²) in [6.45, 7) is 2.03. The van der Waals surface area contributed by atoms with Crippen molar-refractivity contribution < 1.29 is 8.78 Å². The van der Waals surface area contributed by atoms with E-state index in [4.69, 9.17) is 0 Å². The molecule has 0 aliphatic rings. The fraction of sp³-hybridized carbons (Fsp3) is 0.120. The Kier molecular flexibility index (Phi) is 5.48. The van der Waals surface area contributed by atoms with Gasteiger partial charge in [-0.05, 0) is 36.2 Å². The molecular formula is C25H20F2N6. The number of aromatic nitrogens is 5. The maximum Gasteiger partial charge on any atom is 0.264 e. The molecule has 1 N–H and O–H groups in total. The average molecular weight is 442 g/mol. The van der Waals surface area contributed by atoms with Gasteiger partial charge in [0.25, 0.3) is 6.43 Å². The molecule has 1 aromatic carbocycles. The van der Waals surface area contributed by atoms with Crippen LogP contribution in [0, 0.1) is 6.92 Å². The summed E-state index contributed by atoms with van der Waals surface area (Å²) in [6, 6.07) is 17.5. The number of pyridine rings is 2. The molecule has 164 valence electrons. The Morgan fingerprint density at radius 1 is 0.970 bits per heavy atom. The molecule has 8 heteroatoms. The summed E-state index contributed by atoms with van der Waals surface area (Å²) in [7, 11) is 0. The van der Waals surface area contributed by atoms with Gasteiger partial charge in [-0.3, -0.25) is 9.97 Å². The number of anilines is 1. The van der Waals surface area contributed by atoms with Crippen LogP contribution in [-0.2, 0) is 6.54 Å². The molecule has 0 aliphatic heterocycles. The minimum absolute atomic E-state index is 0.115. The highest BCUT2D eigenvalue weighted by Crippen LogP contribution is 2.34. The molecular weight excluding hydrogens is 422 g/mol. The third kappa shape index (κ3) is 4.03. The Bertz CT molecular complexity index is 1400. The van der Waals surface area contributed by atoms with Crippen LogP contribution in [0.5, 0.6) is 0 Å². The zero-order valence-electron chi connectivity index (χ0n) is 17.8. The molecule has 0 saturated carbocycles. The predicted octanol–water partition coefficient (Wildman–Crippen LogP) is 5.71. The lowest BCUT2D eigenvalue weighted by molar-refractivity contribution is 0.151. The van der Waals surface area contributed by atoms with E-state index >= 15 is 0 Å². The smallest absolute Gasteiger partial charge is 0.264 e. The quantitative estimate of drug-likeness (QED) is 0.365. The van der Waals surface area contributed by atoms with Crippen molar-refractivity contribution >= 4 is 11.3 Å². The van der Waals surface area contributed by atoms with E-state index in [-0.39, 0.29) is 17.0 Å². The van der Waals surface area contributed by atoms with Crippen molar-refractivity contribution in [1.29, 1.82) is 0 Å². The maximum absolute atomic E-state index is 13.9. The van der Waals surface area contributed by atoms with Gasteiger partial charge in [0.2, 0.25) is 0 Å². The van der Waals surface area contributed by atoms with E-state index < -0.39 is 6.43 Å². The highest BCUT2D eigenvalue weighted by molar-refractivity contribution is 5.89. The Morgan fingerprint density at radius 2 is 1.79 bits per heavy atom. The topological polar surface area (TPSA) is 68.0 Å². The minimum atomic E-state index is -2.67. The molecule has 6 nitrogen and oxygen atoms in total. The average Bonchev–Trinajstić information content (AvgIpc) is 3.27. The van der Waals surface area contributed by atoms with Crippen LogP contribution in [0.1, 0.15) is 23.2 Å². The van der Waals surface area contributed by atoms with Gasteiger partial charge in [0.1, 0.15) is 5.52 Å². The van der Waals surface area contributed by atoms with Crippen molar-refractivity contribution in [2.24, 2.45) is 0 Å². The van der Waals surface area contributed by atoms with Crippen molar-refractivity contribution in [1.82, 2.24) is 24.6 Å². The van der Waals surface area contributed by atoms with Crippen LogP contribution in [0.4, 0.5) is 14.6 Å². The van der Waals surface area contributed by atoms with E-state index in [0.717, 1.165) is 22.3 Å². The van der Waals surface area contributed by atoms with Crippen molar-refractivity contribution in [3.8, 4) is 22.5 Å². The number of hydrogen-bond acceptors (Lipinski definition) is 5. The SMILES string of the molecule is Cc1cncc(-c2nc(NCc3ccccn3)c3c(-c4ccccc4)ccn3n2)c1C(F)F. The van der Waals surface area contributed by atoms with Gasteiger partial charge in [-0.25, -0.2) is 18.3 Å². The lowest BCUT2D eigenvalue weighted by Gasteiger charge is -2.14. The first-order valence-corrected chi connectivity index (χ1v) is 10.4. The van der Waals surface area contributed by atoms with Crippen LogP contribution in [-0.4, -0.2) is 24.6 Å². The molecule has 0 atom stereocenters. The summed E-state index contributed by atoms with van der Waals surface area (Å²) in [5, 5.41) is 7.90. The molecule has 4 heterocycles. The van der Waals surface area contributed by atoms with E-state index in [2.05, 4.69) is 25.4 Å². The van der Waals surface area contributed by atoms with E-state index in [1.807, 2.05) is 54.6 Å². The molecule has 0 fully saturated rings. The normalized spacial score (nSPS) is 11.3. The summed E-state index contributed by atoms with van der Waals surface area (Å²) in [5.41, 5.74) is 4.00. The van der Waals surface area contributed by atoms with Gasteiger partial charge in [-0.15, -0.1) is 5.10 Å². The number of alkyl halides is 2. The standard InChI is InChI=1S/C25H20F2N6/c1-16-13-28-15-20(21(16)23(26)27)24-31-25(30-14-18-9-5-6-11-29-18)22-19(10-12-33(22)32-24)17-7-3-2-4-8-17/h2-13,15,23H,14H2,1H3,(H,30,31,32). The molecule has 5 rings (SSSR count). The van der Waals surface area contributed by atoms with Gasteiger partial charge in [0.05, 0.1) is 12.2 Å². The minimum Gasteiger partial charge on any atom is -0.363 e. The van der Waals surface area contributed by atoms with Crippen LogP contribution >= 0.6 is 0 Å². The first-order chi connectivity index (χ1) is 16.1. The summed E-state index contributed by atoms with van der Waals surface area (Å²) < 4.78 is 29.4. The van der Waals surface area contributed by atoms with Crippen molar-refractivity contribution in [2.75, 3.05) is 5.32 Å². The molecule has 4 aromatic heterocycles. The maximum atomic E-state index is 13.9. The first kappa shape index (κ1) is 20.7. The van der Waals surface area contributed by atoms with Crippen LogP contribution in [0.2, 0.25) is 0 Å². The number of nitrogens with zero attached hydrogens (tertiary/aromatic N) is 5. The van der Waals surface area contributed by atoms with Gasteiger partial charge >= 0.3 is 0 Å². The van der Waals surface area contributed by atoms with Crippen molar-refractivity contribution in [3.05, 3.63) is 96.2 Å². The molecule has 0 unspecified atom stereocenters. The Balaban J connectivity index is 1.68. The molecule has 0 bridgehead atoms. The number of benzene rings is 1. The molecule has 0 amide bonds. The molecule has 0 radical (unpaired) electrons. The van der Waals surface area contributed by atoms with Gasteiger partial charge in [-0.1, -0.05) is 36.4 Å². The number of aryl methyl sites for hydroxylation is 1. The van der Waals surface area contributed by atoms with Gasteiger partial charge in [-0.2, -0.15) is 0 Å². The van der Waals surface area contributed by atoms with E-state index in [0.29, 0.717) is 17.9 Å². The molecule has 33 heavy (non-hydrogen) atoms. The van der Waals surface area contributed by atoms with E-state index in [9.17, 15) is 8.78 Å². The second-order valence-electron chi connectivity index (χ2n) is 7.57. The third-order valence-corrected chi connectivity index (χ3v) is 5.40. The number of nitrogens with one attached hydrogen (secondary N) is 1. The molecule has 0 aliphatic carbocycles. The summed E-state index contributed by atoms with van der Waals surface area (Å²) in [5.74, 6) is 0.698. The highest BCUT2D eigenvalue weighted by Gasteiger charge is 2.22. The number of hydrogen-bond donors (Lipinski definition) is 1. The van der Waals surface area contributed by atoms with E-state index in [1.54, 1.807) is 23.8 Å². The molecule has 0 saturated heterocycles. The zero-order chi connectivity index (χ0) is 22.8. The zero-order valence-corrected chi connectivity index (χ0v) is 17.8. The van der Waals surface area contributed by atoms with Crippen molar-refractivity contribution in [3.63, 3.8) is 0 Å². The molecule has 0 spiro atoms. The van der Waals surface area contributed by atoms with Gasteiger partial charge < -0.3 is 5.32 Å². The second-order valence-corrected chi connectivity index (χ2v) is 7.57. The summed E-state index contributed by atoms with van der Waals surface area (Å²) in [6.07, 6.45) is 3.67. The van der Waals surface area contributed by atoms with Crippen molar-refractivity contribution in [2.45, 2.75) is 19.9 Å². The number of halogens is 2. The summed E-state index contributed by atoms with van der Waals surface area (Å²) in [4.78, 5) is 13.1. The number of rotatable bonds is 6. The summed E-state index contributed by atoms with van der Waals surface area (Å²) >= 11 is 0. The van der Waals surface area contributed by atoms with Crippen LogP contribution in [0.3, 0.4) is 0 Å². The number of fused-ring (bicyclic) bond motifs is 1. The Morgan fingerprint density at radius 3 is 2.55 bits per heavy atom. The lowest BCUT2D eigenvalue weighted by Crippen LogP contribution is -2.09. The largest absolute Gasteiger partial charge is 0.363 e.